The number of aromatic nitrogens is 3. The highest BCUT2D eigenvalue weighted by Crippen LogP contribution is 2.33. The summed E-state index contributed by atoms with van der Waals surface area (Å²) in [7, 11) is 0. The topological polar surface area (TPSA) is 54.3 Å². The maximum atomic E-state index is 12.5. The summed E-state index contributed by atoms with van der Waals surface area (Å²) < 4.78 is 2.37. The maximum Gasteiger partial charge on any atom is 0.255 e. The number of piperidine rings is 1. The van der Waals surface area contributed by atoms with Gasteiger partial charge in [-0.1, -0.05) is 0 Å². The standard InChI is InChI=1S/C22H29N5O/c28-22(25-10-1-2-11-25)18-7-8-20(24-14-18)26-12-3-4-19(16-26)21-23-9-13-27(21)15-17-5-6-17/h7-9,13-14,17,19H,1-6,10-12,15-16H2/t19-/m1/s1. The molecule has 0 spiro atoms. The number of amides is 1. The number of hydrogen-bond donors (Lipinski definition) is 0. The van der Waals surface area contributed by atoms with Crippen LogP contribution in [0.2, 0.25) is 0 Å². The lowest BCUT2D eigenvalue weighted by atomic mass is 9.97. The summed E-state index contributed by atoms with van der Waals surface area (Å²) in [6.07, 6.45) is 13.1. The van der Waals surface area contributed by atoms with E-state index in [2.05, 4.69) is 20.6 Å². The van der Waals surface area contributed by atoms with Crippen molar-refractivity contribution in [3.05, 3.63) is 42.1 Å². The Bertz CT molecular complexity index is 820. The SMILES string of the molecule is O=C(c1ccc(N2CCC[C@@H](c3nccn3CC3CC3)C2)nc1)N1CCCC1. The first-order valence-corrected chi connectivity index (χ1v) is 10.8. The summed E-state index contributed by atoms with van der Waals surface area (Å²) in [5, 5.41) is 0. The van der Waals surface area contributed by atoms with E-state index in [0.29, 0.717) is 11.5 Å². The van der Waals surface area contributed by atoms with Crippen LogP contribution in [0.3, 0.4) is 0 Å². The maximum absolute atomic E-state index is 12.5. The quantitative estimate of drug-likeness (QED) is 0.800. The van der Waals surface area contributed by atoms with Gasteiger partial charge in [0.25, 0.3) is 5.91 Å². The van der Waals surface area contributed by atoms with Crippen molar-refractivity contribution in [1.29, 1.82) is 0 Å². The van der Waals surface area contributed by atoms with Crippen molar-refractivity contribution < 1.29 is 4.79 Å². The lowest BCUT2D eigenvalue weighted by molar-refractivity contribution is 0.0792. The number of likely N-dealkylation sites (tertiary alicyclic amines) is 1. The normalized spacial score (nSPS) is 22.6. The number of anilines is 1. The minimum absolute atomic E-state index is 0.121. The van der Waals surface area contributed by atoms with Gasteiger partial charge in [0, 0.05) is 57.2 Å². The molecule has 2 aromatic rings. The highest BCUT2D eigenvalue weighted by Gasteiger charge is 2.28. The second-order valence-electron chi connectivity index (χ2n) is 8.57. The third-order valence-electron chi connectivity index (χ3n) is 6.40. The smallest absolute Gasteiger partial charge is 0.255 e. The molecule has 28 heavy (non-hydrogen) atoms. The van der Waals surface area contributed by atoms with E-state index in [-0.39, 0.29) is 5.91 Å². The summed E-state index contributed by atoms with van der Waals surface area (Å²) in [6, 6.07) is 3.96. The van der Waals surface area contributed by atoms with Crippen LogP contribution in [-0.2, 0) is 6.54 Å². The van der Waals surface area contributed by atoms with Crippen LogP contribution in [0.25, 0.3) is 0 Å². The van der Waals surface area contributed by atoms with E-state index in [1.165, 1.54) is 25.1 Å². The molecule has 3 fully saturated rings. The minimum atomic E-state index is 0.121. The summed E-state index contributed by atoms with van der Waals surface area (Å²) in [6.45, 7) is 4.85. The van der Waals surface area contributed by atoms with Crippen molar-refractivity contribution in [2.75, 3.05) is 31.1 Å². The first-order valence-electron chi connectivity index (χ1n) is 10.8. The molecule has 0 aromatic carbocycles. The Labute approximate surface area is 166 Å². The van der Waals surface area contributed by atoms with Crippen LogP contribution in [0, 0.1) is 5.92 Å². The fourth-order valence-electron chi connectivity index (χ4n) is 4.61. The Morgan fingerprint density at radius 2 is 1.89 bits per heavy atom. The molecule has 2 aromatic heterocycles. The van der Waals surface area contributed by atoms with Crippen molar-refractivity contribution in [2.45, 2.75) is 51.0 Å². The molecule has 148 valence electrons. The van der Waals surface area contributed by atoms with E-state index >= 15 is 0 Å². The van der Waals surface area contributed by atoms with Crippen LogP contribution >= 0.6 is 0 Å². The van der Waals surface area contributed by atoms with Crippen LogP contribution in [0.4, 0.5) is 5.82 Å². The molecular weight excluding hydrogens is 350 g/mol. The first-order chi connectivity index (χ1) is 13.8. The molecule has 6 nitrogen and oxygen atoms in total. The largest absolute Gasteiger partial charge is 0.356 e. The van der Waals surface area contributed by atoms with E-state index in [4.69, 9.17) is 4.98 Å². The lowest BCUT2D eigenvalue weighted by Crippen LogP contribution is -2.36. The zero-order valence-electron chi connectivity index (χ0n) is 16.5. The Hall–Kier alpha value is -2.37. The molecule has 3 aliphatic rings. The van der Waals surface area contributed by atoms with Gasteiger partial charge in [0.05, 0.1) is 5.56 Å². The predicted octanol–water partition coefficient (Wildman–Crippen LogP) is 3.31. The van der Waals surface area contributed by atoms with Crippen molar-refractivity contribution in [3.8, 4) is 0 Å². The van der Waals surface area contributed by atoms with Gasteiger partial charge in [-0.3, -0.25) is 4.79 Å². The van der Waals surface area contributed by atoms with Gasteiger partial charge in [-0.05, 0) is 56.6 Å². The van der Waals surface area contributed by atoms with Crippen LogP contribution < -0.4 is 4.90 Å². The van der Waals surface area contributed by atoms with Crippen LogP contribution in [0.15, 0.2) is 30.7 Å². The van der Waals surface area contributed by atoms with Crippen molar-refractivity contribution >= 4 is 11.7 Å². The van der Waals surface area contributed by atoms with Gasteiger partial charge in [-0.2, -0.15) is 0 Å². The second-order valence-corrected chi connectivity index (χ2v) is 8.57. The summed E-state index contributed by atoms with van der Waals surface area (Å²) in [5.74, 6) is 3.64. The van der Waals surface area contributed by atoms with Gasteiger partial charge in [0.2, 0.25) is 0 Å². The molecule has 1 aliphatic carbocycles. The Morgan fingerprint density at radius 3 is 2.64 bits per heavy atom. The van der Waals surface area contributed by atoms with Crippen molar-refractivity contribution in [3.63, 3.8) is 0 Å². The molecule has 6 heteroatoms. The number of hydrogen-bond acceptors (Lipinski definition) is 4. The van der Waals surface area contributed by atoms with Gasteiger partial charge in [0.1, 0.15) is 11.6 Å². The Balaban J connectivity index is 1.27. The van der Waals surface area contributed by atoms with Gasteiger partial charge in [-0.15, -0.1) is 0 Å². The molecular formula is C22H29N5O. The van der Waals surface area contributed by atoms with Gasteiger partial charge in [0.15, 0.2) is 0 Å². The molecule has 0 N–H and O–H groups in total. The van der Waals surface area contributed by atoms with Crippen LogP contribution in [0.5, 0.6) is 0 Å². The van der Waals surface area contributed by atoms with Crippen molar-refractivity contribution in [2.24, 2.45) is 5.92 Å². The number of pyridine rings is 1. The van der Waals surface area contributed by atoms with E-state index in [1.807, 2.05) is 23.2 Å². The zero-order valence-corrected chi connectivity index (χ0v) is 16.5. The molecule has 5 rings (SSSR count). The Morgan fingerprint density at radius 1 is 1.04 bits per heavy atom. The number of nitrogens with zero attached hydrogens (tertiary/aromatic N) is 5. The fourth-order valence-corrected chi connectivity index (χ4v) is 4.61. The highest BCUT2D eigenvalue weighted by atomic mass is 16.2. The van der Waals surface area contributed by atoms with E-state index < -0.39 is 0 Å². The molecule has 0 bridgehead atoms. The van der Waals surface area contributed by atoms with Gasteiger partial charge >= 0.3 is 0 Å². The van der Waals surface area contributed by atoms with Crippen LogP contribution in [0.1, 0.15) is 60.6 Å². The van der Waals surface area contributed by atoms with Crippen molar-refractivity contribution in [1.82, 2.24) is 19.4 Å². The van der Waals surface area contributed by atoms with E-state index in [1.54, 1.807) is 6.20 Å². The number of rotatable bonds is 5. The average molecular weight is 380 g/mol. The monoisotopic (exact) mass is 379 g/mol. The zero-order chi connectivity index (χ0) is 18.9. The van der Waals surface area contributed by atoms with Gasteiger partial charge in [-0.25, -0.2) is 9.97 Å². The molecule has 4 heterocycles. The third-order valence-corrected chi connectivity index (χ3v) is 6.40. The molecule has 1 saturated carbocycles. The average Bonchev–Trinajstić information content (AvgIpc) is 3.20. The fraction of sp³-hybridized carbons (Fsp3) is 0.591. The lowest BCUT2D eigenvalue weighted by Gasteiger charge is -2.33. The minimum Gasteiger partial charge on any atom is -0.356 e. The highest BCUT2D eigenvalue weighted by molar-refractivity contribution is 5.94. The van der Waals surface area contributed by atoms with Crippen LogP contribution in [-0.4, -0.2) is 51.5 Å². The van der Waals surface area contributed by atoms with E-state index in [9.17, 15) is 4.79 Å². The molecule has 2 saturated heterocycles. The molecule has 1 amide bonds. The second kappa shape index (κ2) is 7.57. The molecule has 0 radical (unpaired) electrons. The summed E-state index contributed by atoms with van der Waals surface area (Å²) in [5.41, 5.74) is 0.708. The Kier molecular flexibility index (Phi) is 4.79. The summed E-state index contributed by atoms with van der Waals surface area (Å²) >= 11 is 0. The number of carbonyl (C=O) groups excluding carboxylic acids is 1. The molecule has 2 aliphatic heterocycles. The predicted molar refractivity (Wildman–Crippen MR) is 109 cm³/mol. The number of carbonyl (C=O) groups is 1. The first kappa shape index (κ1) is 17.7. The molecule has 1 atom stereocenters. The van der Waals surface area contributed by atoms with E-state index in [0.717, 1.165) is 63.7 Å². The summed E-state index contributed by atoms with van der Waals surface area (Å²) in [4.78, 5) is 26.2. The molecule has 0 unspecified atom stereocenters. The third kappa shape index (κ3) is 3.64. The number of imidazole rings is 1. The van der Waals surface area contributed by atoms with Gasteiger partial charge < -0.3 is 14.4 Å².